The Morgan fingerprint density at radius 2 is 2.04 bits per heavy atom. The number of benzene rings is 1. The first-order valence-electron chi connectivity index (χ1n) is 8.36. The van der Waals surface area contributed by atoms with Gasteiger partial charge in [-0.3, -0.25) is 14.5 Å². The highest BCUT2D eigenvalue weighted by atomic mass is 79.9. The van der Waals surface area contributed by atoms with Gasteiger partial charge in [-0.1, -0.05) is 15.9 Å². The van der Waals surface area contributed by atoms with E-state index in [-0.39, 0.29) is 43.4 Å². The van der Waals surface area contributed by atoms with Crippen molar-refractivity contribution in [1.82, 2.24) is 10.6 Å². The molecule has 2 unspecified atom stereocenters. The topological polar surface area (TPSA) is 70.7 Å². The lowest BCUT2D eigenvalue weighted by atomic mass is 10.00. The molecule has 8 heteroatoms. The molecule has 2 N–H and O–H groups in total. The first kappa shape index (κ1) is 18.5. The molecule has 1 aromatic rings. The lowest BCUT2D eigenvalue weighted by Gasteiger charge is -2.32. The Kier molecular flexibility index (Phi) is 5.55. The standard InChI is InChI=1S/C17H20BrN3O3.ClH/c18-10-1-4-14-15(5-10)24-9-17(23)21(14)8-16(22)20-13-6-11-2-3-12(7-13)19-11;/h1,4-5,11-13,19H,2-3,6-9H2,(H,20,22);1H. The molecular formula is C17H21BrClN3O3. The Balaban J connectivity index is 0.00000182. The molecule has 3 heterocycles. The highest BCUT2D eigenvalue weighted by molar-refractivity contribution is 9.10. The van der Waals surface area contributed by atoms with Crippen LogP contribution < -0.4 is 20.3 Å². The van der Waals surface area contributed by atoms with Gasteiger partial charge in [0, 0.05) is 22.6 Å². The van der Waals surface area contributed by atoms with E-state index in [9.17, 15) is 9.59 Å². The van der Waals surface area contributed by atoms with Crippen molar-refractivity contribution in [1.29, 1.82) is 0 Å². The van der Waals surface area contributed by atoms with E-state index in [2.05, 4.69) is 26.6 Å². The molecule has 3 aliphatic rings. The van der Waals surface area contributed by atoms with Crippen molar-refractivity contribution in [2.75, 3.05) is 18.1 Å². The third-order valence-corrected chi connectivity index (χ3v) is 5.50. The minimum atomic E-state index is -0.189. The number of nitrogens with zero attached hydrogens (tertiary/aromatic N) is 1. The zero-order valence-electron chi connectivity index (χ0n) is 13.7. The van der Waals surface area contributed by atoms with Gasteiger partial charge in [-0.05, 0) is 43.9 Å². The van der Waals surface area contributed by atoms with Crippen molar-refractivity contribution in [3.63, 3.8) is 0 Å². The van der Waals surface area contributed by atoms with Crippen LogP contribution >= 0.6 is 28.3 Å². The minimum absolute atomic E-state index is 0. The molecule has 25 heavy (non-hydrogen) atoms. The number of carbonyl (C=O) groups is 2. The molecule has 3 aliphatic heterocycles. The second-order valence-electron chi connectivity index (χ2n) is 6.75. The van der Waals surface area contributed by atoms with Gasteiger partial charge < -0.3 is 15.4 Å². The predicted molar refractivity (Wildman–Crippen MR) is 100 cm³/mol. The van der Waals surface area contributed by atoms with E-state index >= 15 is 0 Å². The van der Waals surface area contributed by atoms with Crippen molar-refractivity contribution in [2.45, 2.75) is 43.8 Å². The Morgan fingerprint density at radius 3 is 2.76 bits per heavy atom. The van der Waals surface area contributed by atoms with Gasteiger partial charge in [0.05, 0.1) is 5.69 Å². The van der Waals surface area contributed by atoms with E-state index < -0.39 is 0 Å². The SMILES string of the molecule is Cl.O=C(CN1C(=O)COc2cc(Br)ccc21)NC1CC2CCC(C1)N2. The number of anilines is 1. The first-order valence-corrected chi connectivity index (χ1v) is 9.16. The molecule has 6 nitrogen and oxygen atoms in total. The summed E-state index contributed by atoms with van der Waals surface area (Å²) in [5.41, 5.74) is 0.648. The molecule has 4 rings (SSSR count). The number of hydrogen-bond acceptors (Lipinski definition) is 4. The van der Waals surface area contributed by atoms with Crippen LogP contribution in [0.2, 0.25) is 0 Å². The molecule has 1 aromatic carbocycles. The normalized spacial score (nSPS) is 27.2. The summed E-state index contributed by atoms with van der Waals surface area (Å²) in [4.78, 5) is 26.2. The van der Waals surface area contributed by atoms with Gasteiger partial charge in [-0.25, -0.2) is 0 Å². The number of piperidine rings is 1. The third-order valence-electron chi connectivity index (χ3n) is 5.00. The van der Waals surface area contributed by atoms with E-state index in [1.807, 2.05) is 12.1 Å². The maximum atomic E-state index is 12.5. The van der Waals surface area contributed by atoms with Crippen molar-refractivity contribution in [3.05, 3.63) is 22.7 Å². The Bertz CT molecular complexity index is 675. The van der Waals surface area contributed by atoms with Crippen LogP contribution in [0, 0.1) is 0 Å². The summed E-state index contributed by atoms with van der Waals surface area (Å²) >= 11 is 3.39. The molecule has 2 bridgehead atoms. The number of halogens is 2. The van der Waals surface area contributed by atoms with E-state index in [0.29, 0.717) is 23.5 Å². The van der Waals surface area contributed by atoms with Gasteiger partial charge in [0.15, 0.2) is 6.61 Å². The number of rotatable bonds is 3. The fraction of sp³-hybridized carbons (Fsp3) is 0.529. The Labute approximate surface area is 161 Å². The van der Waals surface area contributed by atoms with E-state index in [1.54, 1.807) is 6.07 Å². The maximum Gasteiger partial charge on any atom is 0.265 e. The Hall–Kier alpha value is -1.31. The lowest BCUT2D eigenvalue weighted by Crippen LogP contribution is -2.51. The maximum absolute atomic E-state index is 12.5. The number of nitrogens with one attached hydrogen (secondary N) is 2. The zero-order chi connectivity index (χ0) is 16.7. The van der Waals surface area contributed by atoms with Crippen molar-refractivity contribution < 1.29 is 14.3 Å². The summed E-state index contributed by atoms with van der Waals surface area (Å²) in [5.74, 6) is 0.326. The molecule has 0 radical (unpaired) electrons. The van der Waals surface area contributed by atoms with Crippen LogP contribution in [0.25, 0.3) is 0 Å². The smallest absolute Gasteiger partial charge is 0.265 e. The molecule has 136 valence electrons. The number of fused-ring (bicyclic) bond motifs is 3. The summed E-state index contributed by atoms with van der Waals surface area (Å²) in [5, 5.41) is 6.67. The van der Waals surface area contributed by atoms with Gasteiger partial charge >= 0.3 is 0 Å². The first-order chi connectivity index (χ1) is 11.6. The summed E-state index contributed by atoms with van der Waals surface area (Å²) in [6.07, 6.45) is 4.34. The van der Waals surface area contributed by atoms with Gasteiger partial charge in [0.25, 0.3) is 5.91 Å². The van der Waals surface area contributed by atoms with Gasteiger partial charge in [0.2, 0.25) is 5.91 Å². The zero-order valence-corrected chi connectivity index (χ0v) is 16.1. The van der Waals surface area contributed by atoms with Gasteiger partial charge in [-0.15, -0.1) is 12.4 Å². The molecule has 2 saturated heterocycles. The van der Waals surface area contributed by atoms with Crippen LogP contribution in [0.3, 0.4) is 0 Å². The van der Waals surface area contributed by atoms with Crippen LogP contribution in [0.15, 0.2) is 22.7 Å². The fourth-order valence-electron chi connectivity index (χ4n) is 3.94. The van der Waals surface area contributed by atoms with E-state index in [0.717, 1.165) is 17.3 Å². The molecule has 0 spiro atoms. The molecular weight excluding hydrogens is 410 g/mol. The molecule has 0 saturated carbocycles. The lowest BCUT2D eigenvalue weighted by molar-refractivity contribution is -0.125. The van der Waals surface area contributed by atoms with Crippen molar-refractivity contribution in [3.8, 4) is 5.75 Å². The van der Waals surface area contributed by atoms with Crippen LogP contribution in [0.5, 0.6) is 5.75 Å². The molecule has 2 atom stereocenters. The average Bonchev–Trinajstić information content (AvgIpc) is 2.89. The minimum Gasteiger partial charge on any atom is -0.482 e. The highest BCUT2D eigenvalue weighted by Gasteiger charge is 2.35. The summed E-state index contributed by atoms with van der Waals surface area (Å²) in [6.45, 7) is 0.00428. The molecule has 2 amide bonds. The number of hydrogen-bond donors (Lipinski definition) is 2. The van der Waals surface area contributed by atoms with Crippen LogP contribution in [-0.2, 0) is 9.59 Å². The number of carbonyl (C=O) groups excluding carboxylic acids is 2. The van der Waals surface area contributed by atoms with Crippen LogP contribution in [0.1, 0.15) is 25.7 Å². The van der Waals surface area contributed by atoms with E-state index in [1.165, 1.54) is 17.7 Å². The average molecular weight is 431 g/mol. The van der Waals surface area contributed by atoms with Crippen LogP contribution in [0.4, 0.5) is 5.69 Å². The van der Waals surface area contributed by atoms with Gasteiger partial charge in [0.1, 0.15) is 12.3 Å². The monoisotopic (exact) mass is 429 g/mol. The third kappa shape index (κ3) is 3.93. The summed E-state index contributed by atoms with van der Waals surface area (Å²) in [7, 11) is 0. The molecule has 0 aromatic heterocycles. The molecule has 2 fully saturated rings. The summed E-state index contributed by atoms with van der Waals surface area (Å²) in [6, 6.07) is 6.72. The number of amides is 2. The van der Waals surface area contributed by atoms with Crippen molar-refractivity contribution in [2.24, 2.45) is 0 Å². The second-order valence-corrected chi connectivity index (χ2v) is 7.67. The number of ether oxygens (including phenoxy) is 1. The van der Waals surface area contributed by atoms with Gasteiger partial charge in [-0.2, -0.15) is 0 Å². The Morgan fingerprint density at radius 1 is 1.32 bits per heavy atom. The molecule has 0 aliphatic carbocycles. The summed E-state index contributed by atoms with van der Waals surface area (Å²) < 4.78 is 6.33. The van der Waals surface area contributed by atoms with Crippen molar-refractivity contribution >= 4 is 45.8 Å². The fourth-order valence-corrected chi connectivity index (χ4v) is 4.28. The quantitative estimate of drug-likeness (QED) is 0.769. The largest absolute Gasteiger partial charge is 0.482 e. The van der Waals surface area contributed by atoms with E-state index in [4.69, 9.17) is 4.74 Å². The second kappa shape index (κ2) is 7.51. The van der Waals surface area contributed by atoms with Crippen LogP contribution in [-0.4, -0.2) is 43.1 Å². The highest BCUT2D eigenvalue weighted by Crippen LogP contribution is 2.34. The predicted octanol–water partition coefficient (Wildman–Crippen LogP) is 2.00.